The fourth-order valence-corrected chi connectivity index (χ4v) is 3.14. The van der Waals surface area contributed by atoms with Crippen LogP contribution in [0.2, 0.25) is 0 Å². The molecule has 1 saturated heterocycles. The van der Waals surface area contributed by atoms with E-state index in [1.165, 1.54) is 0 Å². The second-order valence-electron chi connectivity index (χ2n) is 6.61. The van der Waals surface area contributed by atoms with Gasteiger partial charge in [0.05, 0.1) is 13.5 Å². The van der Waals surface area contributed by atoms with Crippen molar-refractivity contribution < 1.29 is 14.3 Å². The lowest BCUT2D eigenvalue weighted by Gasteiger charge is -2.33. The van der Waals surface area contributed by atoms with E-state index in [2.05, 4.69) is 10.6 Å². The highest BCUT2D eigenvalue weighted by atomic mass is 16.5. The molecule has 6 heteroatoms. The van der Waals surface area contributed by atoms with Crippen LogP contribution in [0.15, 0.2) is 24.3 Å². The molecule has 0 radical (unpaired) electrons. The van der Waals surface area contributed by atoms with E-state index in [0.717, 1.165) is 24.2 Å². The van der Waals surface area contributed by atoms with Crippen molar-refractivity contribution in [2.75, 3.05) is 33.8 Å². The van der Waals surface area contributed by atoms with Crippen LogP contribution in [0.5, 0.6) is 5.75 Å². The highest BCUT2D eigenvalue weighted by Gasteiger charge is 2.25. The number of nitrogens with zero attached hydrogens (tertiary/aromatic N) is 1. The van der Waals surface area contributed by atoms with E-state index in [-0.39, 0.29) is 23.8 Å². The smallest absolute Gasteiger partial charge is 0.227 e. The molecule has 1 atom stereocenters. The third kappa shape index (κ3) is 5.46. The summed E-state index contributed by atoms with van der Waals surface area (Å²) in [6.45, 7) is 3.94. The molecule has 1 unspecified atom stereocenters. The normalized spacial score (nSPS) is 16.4. The zero-order chi connectivity index (χ0) is 18.2. The number of carbonyl (C=O) groups excluding carboxylic acids is 2. The highest BCUT2D eigenvalue weighted by Crippen LogP contribution is 2.20. The number of rotatable bonds is 7. The van der Waals surface area contributed by atoms with Gasteiger partial charge in [0.25, 0.3) is 0 Å². The van der Waals surface area contributed by atoms with E-state index in [0.29, 0.717) is 26.1 Å². The number of benzene rings is 1. The second-order valence-corrected chi connectivity index (χ2v) is 6.61. The van der Waals surface area contributed by atoms with E-state index >= 15 is 0 Å². The molecule has 1 fully saturated rings. The summed E-state index contributed by atoms with van der Waals surface area (Å²) < 4.78 is 5.31. The number of amides is 2. The van der Waals surface area contributed by atoms with Crippen molar-refractivity contribution in [3.63, 3.8) is 0 Å². The van der Waals surface area contributed by atoms with Crippen molar-refractivity contribution in [2.45, 2.75) is 32.2 Å². The van der Waals surface area contributed by atoms with E-state index in [4.69, 9.17) is 4.74 Å². The summed E-state index contributed by atoms with van der Waals surface area (Å²) in [6, 6.07) is 7.76. The van der Waals surface area contributed by atoms with Crippen LogP contribution in [0.4, 0.5) is 0 Å². The number of hydrogen-bond donors (Lipinski definition) is 2. The minimum Gasteiger partial charge on any atom is -0.496 e. The van der Waals surface area contributed by atoms with E-state index in [1.807, 2.05) is 43.1 Å². The number of carbonyl (C=O) groups is 2. The number of ether oxygens (including phenoxy) is 1. The molecular weight excluding hydrogens is 318 g/mol. The first kappa shape index (κ1) is 19.2. The number of methoxy groups -OCH3 is 1. The van der Waals surface area contributed by atoms with Gasteiger partial charge in [0.15, 0.2) is 0 Å². The highest BCUT2D eigenvalue weighted by molar-refractivity contribution is 5.80. The Kier molecular flexibility index (Phi) is 7.25. The van der Waals surface area contributed by atoms with Gasteiger partial charge in [-0.3, -0.25) is 9.59 Å². The van der Waals surface area contributed by atoms with Gasteiger partial charge in [0.1, 0.15) is 5.75 Å². The maximum atomic E-state index is 12.5. The summed E-state index contributed by atoms with van der Waals surface area (Å²) in [4.78, 5) is 26.5. The van der Waals surface area contributed by atoms with E-state index in [9.17, 15) is 9.59 Å². The molecule has 1 aliphatic heterocycles. The maximum absolute atomic E-state index is 12.5. The number of piperidine rings is 1. The summed E-state index contributed by atoms with van der Waals surface area (Å²) in [7, 11) is 3.46. The molecule has 0 aliphatic carbocycles. The van der Waals surface area contributed by atoms with E-state index in [1.54, 1.807) is 7.11 Å². The van der Waals surface area contributed by atoms with Gasteiger partial charge in [-0.05, 0) is 26.0 Å². The molecule has 2 N–H and O–H groups in total. The summed E-state index contributed by atoms with van der Waals surface area (Å²) in [5, 5.41) is 6.11. The number of likely N-dealkylation sites (tertiary alicyclic amines) is 1. The Morgan fingerprint density at radius 3 is 2.60 bits per heavy atom. The van der Waals surface area contributed by atoms with Crippen molar-refractivity contribution in [3.05, 3.63) is 29.8 Å². The fourth-order valence-electron chi connectivity index (χ4n) is 3.14. The van der Waals surface area contributed by atoms with Gasteiger partial charge < -0.3 is 20.3 Å². The molecule has 1 aliphatic rings. The molecule has 2 amide bonds. The van der Waals surface area contributed by atoms with Crippen LogP contribution in [0.1, 0.15) is 25.3 Å². The van der Waals surface area contributed by atoms with Gasteiger partial charge >= 0.3 is 0 Å². The SMILES string of the molecule is CNCC(C)C(=O)NC1CCN(C(=O)Cc2ccccc2OC)CC1. The topological polar surface area (TPSA) is 70.7 Å². The Morgan fingerprint density at radius 2 is 1.96 bits per heavy atom. The lowest BCUT2D eigenvalue weighted by molar-refractivity contribution is -0.131. The Balaban J connectivity index is 1.81. The van der Waals surface area contributed by atoms with Crippen LogP contribution < -0.4 is 15.4 Å². The van der Waals surface area contributed by atoms with Crippen molar-refractivity contribution in [3.8, 4) is 5.75 Å². The van der Waals surface area contributed by atoms with Gasteiger partial charge in [-0.1, -0.05) is 25.1 Å². The van der Waals surface area contributed by atoms with Crippen LogP contribution in [0.3, 0.4) is 0 Å². The van der Waals surface area contributed by atoms with Crippen molar-refractivity contribution in [1.82, 2.24) is 15.5 Å². The summed E-state index contributed by atoms with van der Waals surface area (Å²) in [5.41, 5.74) is 0.909. The third-order valence-electron chi connectivity index (χ3n) is 4.69. The lowest BCUT2D eigenvalue weighted by Crippen LogP contribution is -2.48. The van der Waals surface area contributed by atoms with Gasteiger partial charge in [-0.15, -0.1) is 0 Å². The maximum Gasteiger partial charge on any atom is 0.227 e. The predicted octanol–water partition coefficient (Wildman–Crippen LogP) is 1.20. The summed E-state index contributed by atoms with van der Waals surface area (Å²) >= 11 is 0. The number of hydrogen-bond acceptors (Lipinski definition) is 4. The van der Waals surface area contributed by atoms with Crippen molar-refractivity contribution in [1.29, 1.82) is 0 Å². The summed E-state index contributed by atoms with van der Waals surface area (Å²) in [6.07, 6.45) is 1.95. The van der Waals surface area contributed by atoms with Crippen LogP contribution >= 0.6 is 0 Å². The minimum absolute atomic E-state index is 0.0461. The summed E-state index contributed by atoms with van der Waals surface area (Å²) in [5.74, 6) is 0.887. The molecule has 1 heterocycles. The largest absolute Gasteiger partial charge is 0.496 e. The number of nitrogens with one attached hydrogen (secondary N) is 2. The second kappa shape index (κ2) is 9.42. The molecule has 2 rings (SSSR count). The first-order chi connectivity index (χ1) is 12.0. The first-order valence-electron chi connectivity index (χ1n) is 8.89. The molecule has 25 heavy (non-hydrogen) atoms. The average molecular weight is 347 g/mol. The molecule has 0 saturated carbocycles. The molecule has 1 aromatic carbocycles. The van der Waals surface area contributed by atoms with E-state index < -0.39 is 0 Å². The Morgan fingerprint density at radius 1 is 1.28 bits per heavy atom. The van der Waals surface area contributed by atoms with Gasteiger partial charge in [0, 0.05) is 37.2 Å². The quantitative estimate of drug-likeness (QED) is 0.778. The molecular formula is C19H29N3O3. The molecule has 0 aromatic heterocycles. The van der Waals surface area contributed by atoms with Gasteiger partial charge in [0.2, 0.25) is 11.8 Å². The molecule has 6 nitrogen and oxygen atoms in total. The Labute approximate surface area is 149 Å². The molecule has 1 aromatic rings. The molecule has 0 spiro atoms. The molecule has 0 bridgehead atoms. The average Bonchev–Trinajstić information content (AvgIpc) is 2.63. The zero-order valence-electron chi connectivity index (χ0n) is 15.4. The third-order valence-corrected chi connectivity index (χ3v) is 4.69. The predicted molar refractivity (Wildman–Crippen MR) is 97.5 cm³/mol. The van der Waals surface area contributed by atoms with Crippen LogP contribution in [0.25, 0.3) is 0 Å². The minimum atomic E-state index is -0.0461. The van der Waals surface area contributed by atoms with Gasteiger partial charge in [-0.2, -0.15) is 0 Å². The van der Waals surface area contributed by atoms with Crippen LogP contribution in [-0.4, -0.2) is 56.5 Å². The first-order valence-corrected chi connectivity index (χ1v) is 8.89. The van der Waals surface area contributed by atoms with Crippen LogP contribution in [0, 0.1) is 5.92 Å². The Hall–Kier alpha value is -2.08. The monoisotopic (exact) mass is 347 g/mol. The van der Waals surface area contributed by atoms with Crippen LogP contribution in [-0.2, 0) is 16.0 Å². The lowest BCUT2D eigenvalue weighted by atomic mass is 10.0. The molecule has 138 valence electrons. The standard InChI is InChI=1S/C19H29N3O3/c1-14(13-20-2)19(24)21-16-8-10-22(11-9-16)18(23)12-15-6-4-5-7-17(15)25-3/h4-7,14,16,20H,8-13H2,1-3H3,(H,21,24). The fraction of sp³-hybridized carbons (Fsp3) is 0.579. The van der Waals surface area contributed by atoms with Gasteiger partial charge in [-0.25, -0.2) is 0 Å². The Bertz CT molecular complexity index is 583. The number of para-hydroxylation sites is 1. The van der Waals surface area contributed by atoms with Crippen molar-refractivity contribution >= 4 is 11.8 Å². The van der Waals surface area contributed by atoms with Crippen molar-refractivity contribution in [2.24, 2.45) is 5.92 Å². The zero-order valence-corrected chi connectivity index (χ0v) is 15.4.